The summed E-state index contributed by atoms with van der Waals surface area (Å²) in [4.78, 5) is 19.5. The molecule has 1 aliphatic heterocycles. The fraction of sp³-hybridized carbons (Fsp3) is 0.435. The Morgan fingerprint density at radius 3 is 2.87 bits per heavy atom. The molecule has 8 nitrogen and oxygen atoms in total. The Bertz CT molecular complexity index is 1060. The molecule has 8 heteroatoms. The molecule has 3 aromatic rings. The van der Waals surface area contributed by atoms with Crippen LogP contribution in [0.25, 0.3) is 10.9 Å². The minimum absolute atomic E-state index is 0.544. The molecule has 164 valence electrons. The zero-order valence-electron chi connectivity index (χ0n) is 18.4. The number of anilines is 1. The third-order valence-electron chi connectivity index (χ3n) is 5.48. The summed E-state index contributed by atoms with van der Waals surface area (Å²) in [6.45, 7) is 9.03. The average molecular weight is 423 g/mol. The van der Waals surface area contributed by atoms with Crippen LogP contribution in [0.3, 0.4) is 0 Å². The number of nitrogens with one attached hydrogen (secondary N) is 2. The molecule has 0 aliphatic carbocycles. The van der Waals surface area contributed by atoms with E-state index in [2.05, 4.69) is 57.2 Å². The number of hydrogen-bond acceptors (Lipinski definition) is 7. The second-order valence-corrected chi connectivity index (χ2v) is 7.71. The fourth-order valence-electron chi connectivity index (χ4n) is 3.58. The molecule has 2 N–H and O–H groups in total. The Labute approximate surface area is 182 Å². The highest BCUT2D eigenvalue weighted by molar-refractivity contribution is 5.85. The van der Waals surface area contributed by atoms with Gasteiger partial charge in [-0.2, -0.15) is 4.98 Å². The van der Waals surface area contributed by atoms with E-state index in [1.165, 1.54) is 22.2 Å². The molecule has 1 saturated heterocycles. The molecule has 3 heterocycles. The first kappa shape index (κ1) is 21.3. The molecule has 0 bridgehead atoms. The first-order valence-corrected chi connectivity index (χ1v) is 10.7. The van der Waals surface area contributed by atoms with Gasteiger partial charge in [0.05, 0.1) is 25.5 Å². The molecule has 0 spiro atoms. The summed E-state index contributed by atoms with van der Waals surface area (Å²) in [5, 5.41) is 4.33. The molecule has 2 aromatic heterocycles. The van der Waals surface area contributed by atoms with E-state index in [-0.39, 0.29) is 0 Å². The number of nitrogens with zero attached hydrogens (tertiary/aromatic N) is 4. The van der Waals surface area contributed by atoms with Crippen molar-refractivity contribution in [3.8, 4) is 5.88 Å². The molecule has 31 heavy (non-hydrogen) atoms. The number of aryl methyl sites for hydroxylation is 2. The van der Waals surface area contributed by atoms with E-state index in [1.807, 2.05) is 13.1 Å². The number of aromatic amines is 1. The maximum Gasteiger partial charge on any atom is 0.229 e. The SMILES string of the molecule is CNCCOc1cc(C=NCc2ccc3[nH]c(C)c(C)c3c2)nc(N2CCOCC2)n1. The minimum Gasteiger partial charge on any atom is -0.476 e. The molecule has 1 aromatic carbocycles. The number of rotatable bonds is 8. The Morgan fingerprint density at radius 1 is 1.23 bits per heavy atom. The maximum absolute atomic E-state index is 5.81. The van der Waals surface area contributed by atoms with Gasteiger partial charge in [-0.1, -0.05) is 6.07 Å². The number of aromatic nitrogens is 3. The molecule has 0 unspecified atom stereocenters. The number of ether oxygens (including phenoxy) is 2. The van der Waals surface area contributed by atoms with Crippen LogP contribution in [0.1, 0.15) is 22.5 Å². The van der Waals surface area contributed by atoms with Gasteiger partial charge in [-0.25, -0.2) is 4.98 Å². The van der Waals surface area contributed by atoms with Gasteiger partial charge >= 0.3 is 0 Å². The predicted octanol–water partition coefficient (Wildman–Crippen LogP) is 2.63. The molecule has 0 saturated carbocycles. The lowest BCUT2D eigenvalue weighted by Crippen LogP contribution is -2.37. The van der Waals surface area contributed by atoms with Gasteiger partial charge in [-0.3, -0.25) is 4.99 Å². The van der Waals surface area contributed by atoms with Gasteiger partial charge < -0.3 is 24.7 Å². The van der Waals surface area contributed by atoms with E-state index in [4.69, 9.17) is 14.5 Å². The van der Waals surface area contributed by atoms with Crippen molar-refractivity contribution in [2.45, 2.75) is 20.4 Å². The van der Waals surface area contributed by atoms with Crippen LogP contribution in [-0.4, -0.2) is 67.7 Å². The molecule has 4 rings (SSSR count). The summed E-state index contributed by atoms with van der Waals surface area (Å²) in [5.74, 6) is 1.22. The van der Waals surface area contributed by atoms with Gasteiger partial charge in [0.25, 0.3) is 0 Å². The summed E-state index contributed by atoms with van der Waals surface area (Å²) < 4.78 is 11.3. The third kappa shape index (κ3) is 5.21. The van der Waals surface area contributed by atoms with Crippen LogP contribution in [0.4, 0.5) is 5.95 Å². The molecule has 1 fully saturated rings. The van der Waals surface area contributed by atoms with Gasteiger partial charge in [-0.05, 0) is 44.2 Å². The standard InChI is InChI=1S/C23H30N6O2/c1-16-17(2)26-21-5-4-18(12-20(16)21)14-25-15-19-13-22(31-9-6-24-3)28-23(27-19)29-7-10-30-11-8-29/h4-5,12-13,15,24,26H,6-11,14H2,1-3H3. The second-order valence-electron chi connectivity index (χ2n) is 7.71. The summed E-state index contributed by atoms with van der Waals surface area (Å²) in [6, 6.07) is 8.28. The molecule has 0 radical (unpaired) electrons. The van der Waals surface area contributed by atoms with Gasteiger partial charge in [-0.15, -0.1) is 0 Å². The number of likely N-dealkylation sites (N-methyl/N-ethyl adjacent to an activating group) is 1. The van der Waals surface area contributed by atoms with E-state index in [9.17, 15) is 0 Å². The van der Waals surface area contributed by atoms with E-state index in [0.29, 0.717) is 38.2 Å². The minimum atomic E-state index is 0.544. The van der Waals surface area contributed by atoms with E-state index < -0.39 is 0 Å². The lowest BCUT2D eigenvalue weighted by atomic mass is 10.1. The highest BCUT2D eigenvalue weighted by Crippen LogP contribution is 2.23. The molecular formula is C23H30N6O2. The van der Waals surface area contributed by atoms with Crippen LogP contribution in [0.15, 0.2) is 29.3 Å². The maximum atomic E-state index is 5.81. The molecule has 0 atom stereocenters. The molecule has 0 amide bonds. The molecule has 1 aliphatic rings. The highest BCUT2D eigenvalue weighted by atomic mass is 16.5. The van der Waals surface area contributed by atoms with E-state index >= 15 is 0 Å². The summed E-state index contributed by atoms with van der Waals surface area (Å²) >= 11 is 0. The Balaban J connectivity index is 1.52. The number of aliphatic imine (C=N–C) groups is 1. The number of morpholine rings is 1. The Morgan fingerprint density at radius 2 is 2.06 bits per heavy atom. The first-order valence-electron chi connectivity index (χ1n) is 10.7. The largest absolute Gasteiger partial charge is 0.476 e. The van der Waals surface area contributed by atoms with Gasteiger partial charge in [0, 0.05) is 48.5 Å². The smallest absolute Gasteiger partial charge is 0.229 e. The van der Waals surface area contributed by atoms with Gasteiger partial charge in [0.15, 0.2) is 0 Å². The first-order chi connectivity index (χ1) is 15.1. The van der Waals surface area contributed by atoms with Gasteiger partial charge in [0.2, 0.25) is 11.8 Å². The Hall–Kier alpha value is -2.97. The van der Waals surface area contributed by atoms with Crippen molar-refractivity contribution in [1.82, 2.24) is 20.3 Å². The third-order valence-corrected chi connectivity index (χ3v) is 5.48. The van der Waals surface area contributed by atoms with Gasteiger partial charge in [0.1, 0.15) is 6.61 Å². The summed E-state index contributed by atoms with van der Waals surface area (Å²) in [5.41, 5.74) is 5.56. The monoisotopic (exact) mass is 422 g/mol. The predicted molar refractivity (Wildman–Crippen MR) is 124 cm³/mol. The second kappa shape index (κ2) is 9.89. The topological polar surface area (TPSA) is 87.7 Å². The van der Waals surface area contributed by atoms with Crippen molar-refractivity contribution in [1.29, 1.82) is 0 Å². The van der Waals surface area contributed by atoms with Crippen LogP contribution >= 0.6 is 0 Å². The number of H-pyrrole nitrogens is 1. The van der Waals surface area contributed by atoms with Crippen molar-refractivity contribution < 1.29 is 9.47 Å². The van der Waals surface area contributed by atoms with Crippen LogP contribution < -0.4 is 15.0 Å². The normalized spacial score (nSPS) is 14.6. The van der Waals surface area contributed by atoms with Crippen molar-refractivity contribution in [2.24, 2.45) is 4.99 Å². The van der Waals surface area contributed by atoms with Crippen LogP contribution in [0.2, 0.25) is 0 Å². The lowest BCUT2D eigenvalue weighted by Gasteiger charge is -2.27. The van der Waals surface area contributed by atoms with Crippen molar-refractivity contribution in [3.63, 3.8) is 0 Å². The van der Waals surface area contributed by atoms with Crippen molar-refractivity contribution in [3.05, 3.63) is 46.8 Å². The number of hydrogen-bond donors (Lipinski definition) is 2. The van der Waals surface area contributed by atoms with E-state index in [0.717, 1.165) is 30.8 Å². The van der Waals surface area contributed by atoms with Crippen molar-refractivity contribution >= 4 is 23.1 Å². The highest BCUT2D eigenvalue weighted by Gasteiger charge is 2.16. The molecular weight excluding hydrogens is 392 g/mol. The van der Waals surface area contributed by atoms with Crippen LogP contribution in [-0.2, 0) is 11.3 Å². The average Bonchev–Trinajstić information content (AvgIpc) is 3.08. The quantitative estimate of drug-likeness (QED) is 0.429. The van der Waals surface area contributed by atoms with Crippen LogP contribution in [0.5, 0.6) is 5.88 Å². The van der Waals surface area contributed by atoms with Crippen molar-refractivity contribution in [2.75, 3.05) is 51.4 Å². The zero-order valence-corrected chi connectivity index (χ0v) is 18.4. The number of fused-ring (bicyclic) bond motifs is 1. The summed E-state index contributed by atoms with van der Waals surface area (Å²) in [6.07, 6.45) is 1.80. The number of benzene rings is 1. The Kier molecular flexibility index (Phi) is 6.79. The zero-order chi connectivity index (χ0) is 21.6. The fourth-order valence-corrected chi connectivity index (χ4v) is 3.58. The van der Waals surface area contributed by atoms with E-state index in [1.54, 1.807) is 6.21 Å². The lowest BCUT2D eigenvalue weighted by molar-refractivity contribution is 0.122. The van der Waals surface area contributed by atoms with Crippen LogP contribution in [0, 0.1) is 13.8 Å². The summed E-state index contributed by atoms with van der Waals surface area (Å²) in [7, 11) is 1.90.